The lowest BCUT2D eigenvalue weighted by Gasteiger charge is -2.31. The largest absolute Gasteiger partial charge is 0.480 e. The van der Waals surface area contributed by atoms with Crippen LogP contribution in [0.1, 0.15) is 27.2 Å². The molecule has 0 aliphatic rings. The van der Waals surface area contributed by atoms with Gasteiger partial charge in [-0.3, -0.25) is 0 Å². The number of carboxylic acids is 1. The van der Waals surface area contributed by atoms with Crippen LogP contribution < -0.4 is 9.64 Å². The van der Waals surface area contributed by atoms with Crippen LogP contribution in [0.2, 0.25) is 0 Å². The Morgan fingerprint density at radius 2 is 2.22 bits per heavy atom. The highest BCUT2D eigenvalue weighted by molar-refractivity contribution is 5.81. The van der Waals surface area contributed by atoms with Crippen molar-refractivity contribution in [3.63, 3.8) is 0 Å². The summed E-state index contributed by atoms with van der Waals surface area (Å²) in [5.41, 5.74) is -1.08. The minimum absolute atomic E-state index is 0.330. The molecule has 1 aromatic heterocycles. The van der Waals surface area contributed by atoms with E-state index in [4.69, 9.17) is 9.84 Å². The van der Waals surface area contributed by atoms with E-state index in [9.17, 15) is 4.79 Å². The first-order chi connectivity index (χ1) is 8.39. The maximum atomic E-state index is 11.2. The average Bonchev–Trinajstić information content (AvgIpc) is 2.35. The molecule has 6 heteroatoms. The number of hydrogen-bond acceptors (Lipinski definition) is 5. The fourth-order valence-electron chi connectivity index (χ4n) is 1.17. The van der Waals surface area contributed by atoms with Crippen LogP contribution in [0.25, 0.3) is 0 Å². The lowest BCUT2D eigenvalue weighted by Crippen LogP contribution is -2.48. The van der Waals surface area contributed by atoms with E-state index in [0.717, 1.165) is 6.42 Å². The molecule has 6 nitrogen and oxygen atoms in total. The van der Waals surface area contributed by atoms with Gasteiger partial charge in [0, 0.05) is 19.3 Å². The predicted molar refractivity (Wildman–Crippen MR) is 67.9 cm³/mol. The van der Waals surface area contributed by atoms with E-state index in [1.54, 1.807) is 33.2 Å². The van der Waals surface area contributed by atoms with Gasteiger partial charge in [-0.15, -0.1) is 0 Å². The first-order valence-corrected chi connectivity index (χ1v) is 5.82. The molecule has 100 valence electrons. The zero-order valence-electron chi connectivity index (χ0n) is 11.2. The molecule has 18 heavy (non-hydrogen) atoms. The molecule has 0 radical (unpaired) electrons. The van der Waals surface area contributed by atoms with Crippen LogP contribution in [-0.2, 0) is 4.79 Å². The predicted octanol–water partition coefficient (Wildman–Crippen LogP) is 1.56. The van der Waals surface area contributed by atoms with Crippen molar-refractivity contribution in [3.8, 4) is 5.88 Å². The van der Waals surface area contributed by atoms with Crippen molar-refractivity contribution in [1.82, 2.24) is 9.97 Å². The summed E-state index contributed by atoms with van der Waals surface area (Å²) in [5, 5.41) is 9.16. The third kappa shape index (κ3) is 3.09. The third-order valence-corrected chi connectivity index (χ3v) is 2.73. The molecule has 0 bridgehead atoms. The number of carbonyl (C=O) groups is 1. The summed E-state index contributed by atoms with van der Waals surface area (Å²) in [7, 11) is 1.65. The quantitative estimate of drug-likeness (QED) is 0.829. The van der Waals surface area contributed by atoms with E-state index in [1.807, 2.05) is 6.92 Å². The van der Waals surface area contributed by atoms with E-state index in [0.29, 0.717) is 18.4 Å². The number of carboxylic acid groups (broad SMARTS) is 1. The van der Waals surface area contributed by atoms with E-state index in [-0.39, 0.29) is 0 Å². The number of hydrogen-bond donors (Lipinski definition) is 1. The summed E-state index contributed by atoms with van der Waals surface area (Å²) in [6, 6.07) is 1.65. The summed E-state index contributed by atoms with van der Waals surface area (Å²) in [6.45, 7) is 5.76. The van der Waals surface area contributed by atoms with Crippen molar-refractivity contribution < 1.29 is 14.6 Å². The van der Waals surface area contributed by atoms with E-state index in [1.165, 1.54) is 4.90 Å². The Morgan fingerprint density at radius 3 is 2.78 bits per heavy atom. The molecule has 0 aromatic carbocycles. The highest BCUT2D eigenvalue weighted by Gasteiger charge is 2.33. The van der Waals surface area contributed by atoms with Crippen LogP contribution in [0, 0.1) is 0 Å². The lowest BCUT2D eigenvalue weighted by molar-refractivity contribution is -0.142. The molecule has 0 saturated heterocycles. The van der Waals surface area contributed by atoms with Crippen LogP contribution in [0.3, 0.4) is 0 Å². The van der Waals surface area contributed by atoms with Gasteiger partial charge in [-0.25, -0.2) is 9.78 Å². The molecule has 1 aromatic rings. The summed E-state index contributed by atoms with van der Waals surface area (Å²) >= 11 is 0. The van der Waals surface area contributed by atoms with E-state index < -0.39 is 11.5 Å². The van der Waals surface area contributed by atoms with Crippen LogP contribution in [-0.4, -0.2) is 40.2 Å². The molecule has 0 amide bonds. The van der Waals surface area contributed by atoms with Gasteiger partial charge in [0.05, 0.1) is 6.61 Å². The van der Waals surface area contributed by atoms with E-state index in [2.05, 4.69) is 9.97 Å². The van der Waals surface area contributed by atoms with Gasteiger partial charge >= 0.3 is 5.97 Å². The first kappa shape index (κ1) is 14.2. The van der Waals surface area contributed by atoms with Gasteiger partial charge in [-0.05, 0) is 20.3 Å². The Balaban J connectivity index is 2.92. The summed E-state index contributed by atoms with van der Waals surface area (Å²) in [4.78, 5) is 20.9. The van der Waals surface area contributed by atoms with Crippen LogP contribution in [0.15, 0.2) is 12.3 Å². The number of likely N-dealkylation sites (N-methyl/N-ethyl adjacent to an activating group) is 1. The highest BCUT2D eigenvalue weighted by Crippen LogP contribution is 2.20. The second-order valence-electron chi connectivity index (χ2n) is 4.47. The molecule has 0 aliphatic heterocycles. The average molecular weight is 253 g/mol. The first-order valence-electron chi connectivity index (χ1n) is 5.82. The minimum Gasteiger partial charge on any atom is -0.480 e. The Bertz CT molecular complexity index is 421. The van der Waals surface area contributed by atoms with Gasteiger partial charge in [-0.2, -0.15) is 4.98 Å². The van der Waals surface area contributed by atoms with Crippen molar-refractivity contribution in [2.75, 3.05) is 18.6 Å². The molecule has 0 saturated carbocycles. The highest BCUT2D eigenvalue weighted by atomic mass is 16.5. The Labute approximate surface area is 107 Å². The zero-order chi connectivity index (χ0) is 13.8. The van der Waals surface area contributed by atoms with Gasteiger partial charge in [0.2, 0.25) is 11.8 Å². The molecule has 1 N–H and O–H groups in total. The summed E-state index contributed by atoms with van der Waals surface area (Å²) < 4.78 is 5.39. The Morgan fingerprint density at radius 1 is 1.56 bits per heavy atom. The minimum atomic E-state index is -1.08. The fourth-order valence-corrected chi connectivity index (χ4v) is 1.17. The van der Waals surface area contributed by atoms with Crippen molar-refractivity contribution in [1.29, 1.82) is 0 Å². The third-order valence-electron chi connectivity index (χ3n) is 2.73. The van der Waals surface area contributed by atoms with Crippen LogP contribution >= 0.6 is 0 Å². The van der Waals surface area contributed by atoms with Gasteiger partial charge in [0.25, 0.3) is 0 Å². The smallest absolute Gasteiger partial charge is 0.329 e. The lowest BCUT2D eigenvalue weighted by atomic mass is 10.1. The number of rotatable bonds is 6. The number of aliphatic carboxylic acids is 1. The number of nitrogens with zero attached hydrogens (tertiary/aromatic N) is 3. The molecule has 0 atom stereocenters. The molecule has 0 fully saturated rings. The standard InChI is InChI=1S/C12H19N3O3/c1-5-8-18-9-6-7-13-11(14-9)15(4)12(2,3)10(16)17/h6-7H,5,8H2,1-4H3,(H,16,17). The molecule has 0 aliphatic carbocycles. The van der Waals surface area contributed by atoms with Crippen LogP contribution in [0.4, 0.5) is 5.95 Å². The monoisotopic (exact) mass is 253 g/mol. The molecular weight excluding hydrogens is 234 g/mol. The van der Waals surface area contributed by atoms with Crippen molar-refractivity contribution in [2.24, 2.45) is 0 Å². The second kappa shape index (κ2) is 5.66. The van der Waals surface area contributed by atoms with Gasteiger partial charge in [0.1, 0.15) is 5.54 Å². The van der Waals surface area contributed by atoms with Crippen molar-refractivity contribution in [3.05, 3.63) is 12.3 Å². The van der Waals surface area contributed by atoms with Crippen LogP contribution in [0.5, 0.6) is 5.88 Å². The van der Waals surface area contributed by atoms with Gasteiger partial charge < -0.3 is 14.7 Å². The van der Waals surface area contributed by atoms with E-state index >= 15 is 0 Å². The molecule has 1 rings (SSSR count). The molecule has 0 unspecified atom stereocenters. The number of aromatic nitrogens is 2. The second-order valence-corrected chi connectivity index (χ2v) is 4.47. The molecule has 1 heterocycles. The normalized spacial score (nSPS) is 11.1. The topological polar surface area (TPSA) is 75.5 Å². The van der Waals surface area contributed by atoms with Gasteiger partial charge in [0.15, 0.2) is 0 Å². The summed E-state index contributed by atoms with van der Waals surface area (Å²) in [6.07, 6.45) is 2.44. The maximum Gasteiger partial charge on any atom is 0.329 e. The molecule has 0 spiro atoms. The number of anilines is 1. The maximum absolute atomic E-state index is 11.2. The molecular formula is C12H19N3O3. The van der Waals surface area contributed by atoms with Crippen molar-refractivity contribution in [2.45, 2.75) is 32.7 Å². The Hall–Kier alpha value is -1.85. The Kier molecular flexibility index (Phi) is 4.47. The van der Waals surface area contributed by atoms with Crippen molar-refractivity contribution >= 4 is 11.9 Å². The fraction of sp³-hybridized carbons (Fsp3) is 0.583. The number of ether oxygens (including phenoxy) is 1. The SMILES string of the molecule is CCCOc1ccnc(N(C)C(C)(C)C(=O)O)n1. The zero-order valence-corrected chi connectivity index (χ0v) is 11.2. The van der Waals surface area contributed by atoms with Gasteiger partial charge in [-0.1, -0.05) is 6.92 Å². The summed E-state index contributed by atoms with van der Waals surface area (Å²) in [5.74, 6) is -0.153.